The van der Waals surface area contributed by atoms with Crippen molar-refractivity contribution in [2.24, 2.45) is 0 Å². The van der Waals surface area contributed by atoms with Crippen molar-refractivity contribution in [3.05, 3.63) is 30.1 Å². The van der Waals surface area contributed by atoms with Gasteiger partial charge in [-0.25, -0.2) is 9.59 Å². The second-order valence-electron chi connectivity index (χ2n) is 8.02. The van der Waals surface area contributed by atoms with Crippen LogP contribution in [0.2, 0.25) is 0 Å². The molecule has 3 heterocycles. The largest absolute Gasteiger partial charge is 0.490 e. The van der Waals surface area contributed by atoms with Crippen LogP contribution in [-0.4, -0.2) is 80.4 Å². The van der Waals surface area contributed by atoms with E-state index in [1.54, 1.807) is 0 Å². The van der Waals surface area contributed by atoms with E-state index in [9.17, 15) is 31.1 Å². The number of hydrogen-bond acceptors (Lipinski definition) is 5. The van der Waals surface area contributed by atoms with Crippen LogP contribution >= 0.6 is 0 Å². The number of alkyl halides is 6. The first-order valence-electron chi connectivity index (χ1n) is 10.6. The van der Waals surface area contributed by atoms with E-state index in [0.717, 1.165) is 32.4 Å². The fraction of sp³-hybridized carbons (Fsp3) is 0.619. The Balaban J connectivity index is 0.000000362. The number of carboxylic acid groups (broad SMARTS) is 2. The molecule has 2 aliphatic rings. The molecule has 1 amide bonds. The highest BCUT2D eigenvalue weighted by Gasteiger charge is 2.51. The Labute approximate surface area is 197 Å². The quantitative estimate of drug-likeness (QED) is 0.591. The molecular formula is C21H27F6N3O5. The minimum absolute atomic E-state index is 0.0618. The fourth-order valence-electron chi connectivity index (χ4n) is 4.39. The van der Waals surface area contributed by atoms with Crippen LogP contribution in [0, 0.1) is 0 Å². The molecule has 2 aliphatic heterocycles. The normalized spacial score (nSPS) is 22.7. The van der Waals surface area contributed by atoms with Gasteiger partial charge in [-0.1, -0.05) is 13.0 Å². The first kappa shape index (κ1) is 30.1. The Kier molecular flexibility index (Phi) is 10.5. The Bertz CT molecular complexity index is 841. The van der Waals surface area contributed by atoms with Crippen LogP contribution in [0.1, 0.15) is 44.6 Å². The van der Waals surface area contributed by atoms with Crippen LogP contribution in [0.15, 0.2) is 24.5 Å². The van der Waals surface area contributed by atoms with E-state index in [1.807, 2.05) is 25.5 Å². The lowest BCUT2D eigenvalue weighted by Gasteiger charge is -2.51. The van der Waals surface area contributed by atoms with Crippen molar-refractivity contribution in [1.82, 2.24) is 14.8 Å². The minimum atomic E-state index is -5.08. The van der Waals surface area contributed by atoms with Gasteiger partial charge in [0.1, 0.15) is 0 Å². The highest BCUT2D eigenvalue weighted by Crippen LogP contribution is 2.42. The molecule has 3 rings (SSSR count). The van der Waals surface area contributed by atoms with Gasteiger partial charge >= 0.3 is 24.3 Å². The maximum atomic E-state index is 12.1. The number of pyridine rings is 1. The highest BCUT2D eigenvalue weighted by atomic mass is 19.4. The molecule has 0 bridgehead atoms. The standard InChI is InChI=1S/C17H25N3O.2C2HF3O2/c1-3-15-17(9-7-16(21)19(17)2)8-5-11-20(15)13-14-6-4-10-18-12-14;2*3-2(4,5)1(6)7/h4,6,10,12,15H,3,5,7-9,11,13H2,1-2H3;2*(H,6,7)/t15-,17-;;/m0../s1. The zero-order chi connectivity index (χ0) is 27.0. The average Bonchev–Trinajstić information content (AvgIpc) is 3.03. The summed E-state index contributed by atoms with van der Waals surface area (Å²) >= 11 is 0. The van der Waals surface area contributed by atoms with Crippen molar-refractivity contribution in [2.45, 2.75) is 69.5 Å². The van der Waals surface area contributed by atoms with Crippen LogP contribution in [-0.2, 0) is 20.9 Å². The molecule has 2 N–H and O–H groups in total. The number of piperidine rings is 1. The molecule has 0 radical (unpaired) electrons. The van der Waals surface area contributed by atoms with Gasteiger partial charge in [-0.15, -0.1) is 0 Å². The number of carbonyl (C=O) groups is 3. The summed E-state index contributed by atoms with van der Waals surface area (Å²) in [4.78, 5) is 38.7. The van der Waals surface area contributed by atoms with Crippen molar-refractivity contribution >= 4 is 17.8 Å². The number of hydrogen-bond donors (Lipinski definition) is 2. The molecule has 35 heavy (non-hydrogen) atoms. The van der Waals surface area contributed by atoms with Crippen molar-refractivity contribution in [1.29, 1.82) is 0 Å². The Morgan fingerprint density at radius 1 is 1.11 bits per heavy atom. The lowest BCUT2D eigenvalue weighted by molar-refractivity contribution is -0.193. The summed E-state index contributed by atoms with van der Waals surface area (Å²) in [5, 5.41) is 14.2. The Morgan fingerprint density at radius 2 is 1.66 bits per heavy atom. The van der Waals surface area contributed by atoms with Gasteiger partial charge in [0, 0.05) is 38.4 Å². The fourth-order valence-corrected chi connectivity index (χ4v) is 4.39. The second-order valence-corrected chi connectivity index (χ2v) is 8.02. The number of aliphatic carboxylic acids is 2. The van der Waals surface area contributed by atoms with Crippen molar-refractivity contribution in [3.63, 3.8) is 0 Å². The number of halogens is 6. The third kappa shape index (κ3) is 8.37. The average molecular weight is 515 g/mol. The molecule has 0 unspecified atom stereocenters. The molecule has 1 aromatic heterocycles. The summed E-state index contributed by atoms with van der Waals surface area (Å²) in [6.07, 6.45) is -1.24. The van der Waals surface area contributed by atoms with Crippen LogP contribution in [0.4, 0.5) is 26.3 Å². The van der Waals surface area contributed by atoms with Gasteiger partial charge in [0.15, 0.2) is 0 Å². The van der Waals surface area contributed by atoms with E-state index in [1.165, 1.54) is 12.0 Å². The van der Waals surface area contributed by atoms with Crippen molar-refractivity contribution in [3.8, 4) is 0 Å². The SMILES string of the molecule is CC[C@@H]1N(Cc2cccnc2)CCC[C@]12CCC(=O)N2C.O=C(O)C(F)(F)F.O=C(O)C(F)(F)F. The molecule has 14 heteroatoms. The van der Waals surface area contributed by atoms with Gasteiger partial charge in [-0.05, 0) is 43.9 Å². The summed E-state index contributed by atoms with van der Waals surface area (Å²) in [5.74, 6) is -5.20. The summed E-state index contributed by atoms with van der Waals surface area (Å²) in [5.41, 5.74) is 1.33. The predicted molar refractivity (Wildman–Crippen MR) is 110 cm³/mol. The molecule has 0 saturated carbocycles. The summed E-state index contributed by atoms with van der Waals surface area (Å²) in [6.45, 7) is 4.32. The van der Waals surface area contributed by atoms with E-state index >= 15 is 0 Å². The number of likely N-dealkylation sites (tertiary alicyclic amines) is 2. The third-order valence-electron chi connectivity index (χ3n) is 5.91. The van der Waals surface area contributed by atoms with Crippen LogP contribution in [0.25, 0.3) is 0 Å². The van der Waals surface area contributed by atoms with Gasteiger partial charge in [0.2, 0.25) is 5.91 Å². The van der Waals surface area contributed by atoms with Gasteiger partial charge in [-0.3, -0.25) is 14.7 Å². The molecule has 198 valence electrons. The van der Waals surface area contributed by atoms with Crippen LogP contribution in [0.3, 0.4) is 0 Å². The molecule has 8 nitrogen and oxygen atoms in total. The van der Waals surface area contributed by atoms with Gasteiger partial charge in [0.05, 0.1) is 5.54 Å². The molecular weight excluding hydrogens is 488 g/mol. The number of carboxylic acids is 2. The summed E-state index contributed by atoms with van der Waals surface area (Å²) in [7, 11) is 2.01. The maximum Gasteiger partial charge on any atom is 0.490 e. The zero-order valence-electron chi connectivity index (χ0n) is 19.1. The topological polar surface area (TPSA) is 111 Å². The molecule has 0 aromatic carbocycles. The second kappa shape index (κ2) is 12.2. The van der Waals surface area contributed by atoms with Crippen LogP contribution < -0.4 is 0 Å². The number of rotatable bonds is 3. The van der Waals surface area contributed by atoms with E-state index in [4.69, 9.17) is 19.8 Å². The first-order valence-corrected chi connectivity index (χ1v) is 10.6. The minimum Gasteiger partial charge on any atom is -0.475 e. The number of amides is 1. The third-order valence-corrected chi connectivity index (χ3v) is 5.91. The van der Waals surface area contributed by atoms with Crippen LogP contribution in [0.5, 0.6) is 0 Å². The maximum absolute atomic E-state index is 12.1. The lowest BCUT2D eigenvalue weighted by Crippen LogP contribution is -2.61. The first-order chi connectivity index (χ1) is 16.1. The molecule has 2 atom stereocenters. The molecule has 1 aromatic rings. The Morgan fingerprint density at radius 3 is 2.03 bits per heavy atom. The molecule has 2 fully saturated rings. The van der Waals surface area contributed by atoms with E-state index in [2.05, 4.69) is 27.8 Å². The smallest absolute Gasteiger partial charge is 0.475 e. The van der Waals surface area contributed by atoms with Gasteiger partial charge in [-0.2, -0.15) is 26.3 Å². The zero-order valence-corrected chi connectivity index (χ0v) is 19.1. The molecule has 2 saturated heterocycles. The van der Waals surface area contributed by atoms with Crippen molar-refractivity contribution < 1.29 is 50.9 Å². The number of aromatic nitrogens is 1. The predicted octanol–water partition coefficient (Wildman–Crippen LogP) is 3.71. The lowest BCUT2D eigenvalue weighted by atomic mass is 9.77. The monoisotopic (exact) mass is 515 g/mol. The highest BCUT2D eigenvalue weighted by molar-refractivity contribution is 5.79. The summed E-state index contributed by atoms with van der Waals surface area (Å²) in [6, 6.07) is 4.61. The molecule has 0 aliphatic carbocycles. The number of nitrogens with zero attached hydrogens (tertiary/aromatic N) is 3. The van der Waals surface area contributed by atoms with E-state index in [-0.39, 0.29) is 5.54 Å². The number of carbonyl (C=O) groups excluding carboxylic acids is 1. The number of likely N-dealkylation sites (N-methyl/N-ethyl adjacent to an activating group) is 1. The van der Waals surface area contributed by atoms with Gasteiger partial charge < -0.3 is 15.1 Å². The molecule has 1 spiro atoms. The van der Waals surface area contributed by atoms with E-state index < -0.39 is 24.3 Å². The van der Waals surface area contributed by atoms with Crippen molar-refractivity contribution in [2.75, 3.05) is 13.6 Å². The summed E-state index contributed by atoms with van der Waals surface area (Å²) < 4.78 is 63.5. The van der Waals surface area contributed by atoms with E-state index in [0.29, 0.717) is 18.4 Å². The Hall–Kier alpha value is -2.90. The van der Waals surface area contributed by atoms with Gasteiger partial charge in [0.25, 0.3) is 0 Å².